The molecule has 1 aromatic carbocycles. The Balaban J connectivity index is 2.63. The number of nitrogens with one attached hydrogen (secondary N) is 2. The summed E-state index contributed by atoms with van der Waals surface area (Å²) in [7, 11) is 0. The number of urea groups is 1. The van der Waals surface area contributed by atoms with E-state index >= 15 is 0 Å². The van der Waals surface area contributed by atoms with E-state index in [9.17, 15) is 23.2 Å². The maximum absolute atomic E-state index is 13.0. The highest BCUT2D eigenvalue weighted by Crippen LogP contribution is 2.10. The minimum Gasteiger partial charge on any atom is -0.449 e. The molecule has 1 aromatic rings. The predicted molar refractivity (Wildman–Crippen MR) is 73.0 cm³/mol. The standard InChI is InChI=1S/C14H16F2N2O4/c1-7(2)17-14(21)18-12(19)8(3)22-13(20)9-4-10(15)6-11(16)5-9/h4-8H,1-3H3,(H2,17,18,19,21)/t8-/m1/s1. The Labute approximate surface area is 125 Å². The van der Waals surface area contributed by atoms with Gasteiger partial charge >= 0.3 is 12.0 Å². The molecule has 0 saturated heterocycles. The molecule has 0 bridgehead atoms. The topological polar surface area (TPSA) is 84.5 Å². The molecule has 6 nitrogen and oxygen atoms in total. The zero-order valence-corrected chi connectivity index (χ0v) is 12.3. The number of imide groups is 1. The molecule has 8 heteroatoms. The van der Waals surface area contributed by atoms with Gasteiger partial charge in [0, 0.05) is 12.1 Å². The highest BCUT2D eigenvalue weighted by molar-refractivity contribution is 5.98. The Morgan fingerprint density at radius 2 is 1.59 bits per heavy atom. The molecule has 0 aromatic heterocycles. The fourth-order valence-electron chi connectivity index (χ4n) is 1.47. The molecule has 120 valence electrons. The van der Waals surface area contributed by atoms with Crippen LogP contribution in [0.5, 0.6) is 0 Å². The van der Waals surface area contributed by atoms with Crippen molar-refractivity contribution in [1.82, 2.24) is 10.6 Å². The quantitative estimate of drug-likeness (QED) is 0.829. The molecule has 1 rings (SSSR count). The van der Waals surface area contributed by atoms with E-state index < -0.39 is 35.6 Å². The molecule has 0 radical (unpaired) electrons. The van der Waals surface area contributed by atoms with Gasteiger partial charge in [0.15, 0.2) is 6.10 Å². The minimum absolute atomic E-state index is 0.180. The second-order valence-electron chi connectivity index (χ2n) is 4.82. The van der Waals surface area contributed by atoms with Crippen LogP contribution in [0.1, 0.15) is 31.1 Å². The fraction of sp³-hybridized carbons (Fsp3) is 0.357. The molecule has 0 unspecified atom stereocenters. The van der Waals surface area contributed by atoms with Crippen LogP contribution in [0, 0.1) is 11.6 Å². The van der Waals surface area contributed by atoms with Crippen LogP contribution in [-0.2, 0) is 9.53 Å². The molecule has 0 saturated carbocycles. The van der Waals surface area contributed by atoms with Crippen LogP contribution in [0.25, 0.3) is 0 Å². The van der Waals surface area contributed by atoms with E-state index in [2.05, 4.69) is 5.32 Å². The lowest BCUT2D eigenvalue weighted by Gasteiger charge is -2.14. The zero-order valence-electron chi connectivity index (χ0n) is 12.3. The number of hydrogen-bond donors (Lipinski definition) is 2. The van der Waals surface area contributed by atoms with Gasteiger partial charge in [0.2, 0.25) is 0 Å². The van der Waals surface area contributed by atoms with Gasteiger partial charge in [-0.1, -0.05) is 0 Å². The largest absolute Gasteiger partial charge is 0.449 e. The van der Waals surface area contributed by atoms with Crippen LogP contribution in [0.2, 0.25) is 0 Å². The smallest absolute Gasteiger partial charge is 0.339 e. The first-order valence-corrected chi connectivity index (χ1v) is 6.47. The summed E-state index contributed by atoms with van der Waals surface area (Å²) >= 11 is 0. The Bertz CT molecular complexity index is 570. The van der Waals surface area contributed by atoms with Crippen molar-refractivity contribution < 1.29 is 27.9 Å². The lowest BCUT2D eigenvalue weighted by molar-refractivity contribution is -0.127. The van der Waals surface area contributed by atoms with Crippen molar-refractivity contribution in [3.63, 3.8) is 0 Å². The first-order valence-electron chi connectivity index (χ1n) is 6.47. The van der Waals surface area contributed by atoms with Crippen molar-refractivity contribution in [3.05, 3.63) is 35.4 Å². The van der Waals surface area contributed by atoms with Gasteiger partial charge < -0.3 is 10.1 Å². The normalized spacial score (nSPS) is 11.7. The van der Waals surface area contributed by atoms with Crippen molar-refractivity contribution >= 4 is 17.9 Å². The van der Waals surface area contributed by atoms with Crippen molar-refractivity contribution in [2.45, 2.75) is 32.9 Å². The third kappa shape index (κ3) is 5.47. The fourth-order valence-corrected chi connectivity index (χ4v) is 1.47. The lowest BCUT2D eigenvalue weighted by Crippen LogP contribution is -2.46. The average Bonchev–Trinajstić information content (AvgIpc) is 2.35. The van der Waals surface area contributed by atoms with Gasteiger partial charge in [-0.25, -0.2) is 18.4 Å². The average molecular weight is 314 g/mol. The van der Waals surface area contributed by atoms with Gasteiger partial charge in [-0.15, -0.1) is 0 Å². The zero-order chi connectivity index (χ0) is 16.9. The summed E-state index contributed by atoms with van der Waals surface area (Å²) < 4.78 is 30.7. The van der Waals surface area contributed by atoms with Gasteiger partial charge in [0.05, 0.1) is 5.56 Å². The summed E-state index contributed by atoms with van der Waals surface area (Å²) in [4.78, 5) is 34.7. The number of halogens is 2. The summed E-state index contributed by atoms with van der Waals surface area (Å²) in [6, 6.07) is 1.24. The SMILES string of the molecule is CC(C)NC(=O)NC(=O)[C@@H](C)OC(=O)c1cc(F)cc(F)c1. The number of ether oxygens (including phenoxy) is 1. The second kappa shape index (κ2) is 7.48. The maximum atomic E-state index is 13.0. The highest BCUT2D eigenvalue weighted by atomic mass is 19.1. The third-order valence-corrected chi connectivity index (χ3v) is 2.41. The molecular formula is C14H16F2N2O4. The molecule has 0 aliphatic carbocycles. The second-order valence-corrected chi connectivity index (χ2v) is 4.82. The minimum atomic E-state index is -1.31. The Morgan fingerprint density at radius 3 is 2.09 bits per heavy atom. The first-order chi connectivity index (χ1) is 10.2. The molecular weight excluding hydrogens is 298 g/mol. The molecule has 1 atom stereocenters. The van der Waals surface area contributed by atoms with Gasteiger partial charge in [0.1, 0.15) is 11.6 Å². The maximum Gasteiger partial charge on any atom is 0.339 e. The number of amides is 3. The summed E-state index contributed by atoms with van der Waals surface area (Å²) in [6.45, 7) is 4.63. The van der Waals surface area contributed by atoms with Crippen LogP contribution < -0.4 is 10.6 Å². The van der Waals surface area contributed by atoms with Crippen LogP contribution in [-0.4, -0.2) is 30.1 Å². The molecule has 0 aliphatic rings. The lowest BCUT2D eigenvalue weighted by atomic mass is 10.2. The van der Waals surface area contributed by atoms with Crippen LogP contribution >= 0.6 is 0 Å². The van der Waals surface area contributed by atoms with Crippen molar-refractivity contribution in [2.24, 2.45) is 0 Å². The summed E-state index contributed by atoms with van der Waals surface area (Å²) in [5, 5.41) is 4.39. The molecule has 3 amide bonds. The Kier molecular flexibility index (Phi) is 5.97. The number of carbonyl (C=O) groups is 3. The molecule has 2 N–H and O–H groups in total. The van der Waals surface area contributed by atoms with Crippen molar-refractivity contribution in [3.8, 4) is 0 Å². The molecule has 0 spiro atoms. The van der Waals surface area contributed by atoms with E-state index in [1.54, 1.807) is 13.8 Å². The van der Waals surface area contributed by atoms with Gasteiger partial charge in [-0.3, -0.25) is 10.1 Å². The number of hydrogen-bond acceptors (Lipinski definition) is 4. The molecule has 0 fully saturated rings. The van der Waals surface area contributed by atoms with E-state index in [4.69, 9.17) is 4.74 Å². The molecule has 22 heavy (non-hydrogen) atoms. The Morgan fingerprint density at radius 1 is 1.05 bits per heavy atom. The molecule has 0 aliphatic heterocycles. The number of benzene rings is 1. The summed E-state index contributed by atoms with van der Waals surface area (Å²) in [5.41, 5.74) is -0.371. The van der Waals surface area contributed by atoms with Crippen molar-refractivity contribution in [2.75, 3.05) is 0 Å². The van der Waals surface area contributed by atoms with E-state index in [0.29, 0.717) is 6.07 Å². The summed E-state index contributed by atoms with van der Waals surface area (Å²) in [5.74, 6) is -3.82. The van der Waals surface area contributed by atoms with Crippen LogP contribution in [0.15, 0.2) is 18.2 Å². The van der Waals surface area contributed by atoms with Crippen LogP contribution in [0.3, 0.4) is 0 Å². The highest BCUT2D eigenvalue weighted by Gasteiger charge is 2.21. The predicted octanol–water partition coefficient (Wildman–Crippen LogP) is 1.74. The van der Waals surface area contributed by atoms with E-state index in [-0.39, 0.29) is 11.6 Å². The third-order valence-electron chi connectivity index (χ3n) is 2.41. The molecule has 0 heterocycles. The van der Waals surface area contributed by atoms with Gasteiger partial charge in [-0.05, 0) is 32.9 Å². The van der Waals surface area contributed by atoms with Gasteiger partial charge in [-0.2, -0.15) is 0 Å². The number of esters is 1. The monoisotopic (exact) mass is 314 g/mol. The van der Waals surface area contributed by atoms with Crippen LogP contribution in [0.4, 0.5) is 13.6 Å². The van der Waals surface area contributed by atoms with Gasteiger partial charge in [0.25, 0.3) is 5.91 Å². The first kappa shape index (κ1) is 17.5. The van der Waals surface area contributed by atoms with E-state index in [1.807, 2.05) is 5.32 Å². The number of rotatable bonds is 4. The van der Waals surface area contributed by atoms with Crippen molar-refractivity contribution in [1.29, 1.82) is 0 Å². The van der Waals surface area contributed by atoms with E-state index in [1.165, 1.54) is 6.92 Å². The Hall–Kier alpha value is -2.51. The number of carbonyl (C=O) groups excluding carboxylic acids is 3. The van der Waals surface area contributed by atoms with E-state index in [0.717, 1.165) is 12.1 Å². The summed E-state index contributed by atoms with van der Waals surface area (Å²) in [6.07, 6.45) is -1.31.